The Morgan fingerprint density at radius 2 is 1.85 bits per heavy atom. The Morgan fingerprint density at radius 1 is 1.11 bits per heavy atom. The third-order valence-electron chi connectivity index (χ3n) is 3.80. The number of hydrogen-bond donors (Lipinski definition) is 0. The number of ether oxygens (including phenoxy) is 1. The average Bonchev–Trinajstić information content (AvgIpc) is 2.66. The summed E-state index contributed by atoms with van der Waals surface area (Å²) >= 11 is 5.90. The van der Waals surface area contributed by atoms with Crippen LogP contribution in [0.2, 0.25) is 5.02 Å². The maximum absolute atomic E-state index is 12.5. The van der Waals surface area contributed by atoms with E-state index in [1.807, 2.05) is 42.5 Å². The first-order valence-electron chi connectivity index (χ1n) is 8.71. The van der Waals surface area contributed by atoms with E-state index in [1.54, 1.807) is 19.1 Å². The van der Waals surface area contributed by atoms with Crippen molar-refractivity contribution in [2.45, 2.75) is 26.4 Å². The molecule has 0 aliphatic heterocycles. The van der Waals surface area contributed by atoms with Crippen LogP contribution in [0.5, 0.6) is 0 Å². The summed E-state index contributed by atoms with van der Waals surface area (Å²) in [5.74, 6) is -1.63. The normalized spacial score (nSPS) is 11.9. The van der Waals surface area contributed by atoms with E-state index < -0.39 is 11.9 Å². The Labute approximate surface area is 163 Å². The van der Waals surface area contributed by atoms with E-state index in [-0.39, 0.29) is 25.4 Å². The van der Waals surface area contributed by atoms with Gasteiger partial charge in [-0.2, -0.15) is 0 Å². The van der Waals surface area contributed by atoms with Gasteiger partial charge in [0, 0.05) is 11.4 Å². The number of carbonyl (C=O) groups is 2. The molecule has 0 saturated carbocycles. The molecule has 27 heavy (non-hydrogen) atoms. The van der Waals surface area contributed by atoms with Crippen LogP contribution in [0.25, 0.3) is 0 Å². The highest BCUT2D eigenvalue weighted by Crippen LogP contribution is 2.14. The van der Waals surface area contributed by atoms with Gasteiger partial charge in [-0.05, 0) is 36.6 Å². The molecule has 5 nitrogen and oxygen atoms in total. The van der Waals surface area contributed by atoms with Crippen molar-refractivity contribution in [2.75, 3.05) is 6.61 Å². The van der Waals surface area contributed by atoms with Gasteiger partial charge in [-0.1, -0.05) is 59.2 Å². The second kappa shape index (κ2) is 11.1. The number of halogens is 1. The van der Waals surface area contributed by atoms with E-state index in [4.69, 9.17) is 21.2 Å². The fourth-order valence-corrected chi connectivity index (χ4v) is 2.69. The third-order valence-corrected chi connectivity index (χ3v) is 4.04. The maximum atomic E-state index is 12.5. The summed E-state index contributed by atoms with van der Waals surface area (Å²) in [7, 11) is 0. The van der Waals surface area contributed by atoms with Gasteiger partial charge >= 0.3 is 5.97 Å². The molecule has 0 radical (unpaired) electrons. The molecule has 0 saturated heterocycles. The largest absolute Gasteiger partial charge is 0.465 e. The van der Waals surface area contributed by atoms with Gasteiger partial charge in [0.15, 0.2) is 5.78 Å². The zero-order valence-corrected chi connectivity index (χ0v) is 15.9. The van der Waals surface area contributed by atoms with Crippen LogP contribution in [0.3, 0.4) is 0 Å². The van der Waals surface area contributed by atoms with Crippen molar-refractivity contribution in [3.63, 3.8) is 0 Å². The van der Waals surface area contributed by atoms with Gasteiger partial charge in [0.2, 0.25) is 0 Å². The monoisotopic (exact) mass is 387 g/mol. The molecule has 0 aliphatic carbocycles. The number of rotatable bonds is 10. The van der Waals surface area contributed by atoms with Crippen LogP contribution in [0, 0.1) is 5.92 Å². The summed E-state index contributed by atoms with van der Waals surface area (Å²) in [4.78, 5) is 29.8. The molecule has 0 fully saturated rings. The summed E-state index contributed by atoms with van der Waals surface area (Å²) in [5.41, 5.74) is 1.78. The lowest BCUT2D eigenvalue weighted by atomic mass is 9.94. The Bertz CT molecular complexity index is 777. The molecular formula is C21H22ClNO4. The number of oxime groups is 1. The minimum atomic E-state index is -0.855. The molecular weight excluding hydrogens is 366 g/mol. The quantitative estimate of drug-likeness (QED) is 0.265. The molecule has 0 aliphatic rings. The second-order valence-corrected chi connectivity index (χ2v) is 6.29. The van der Waals surface area contributed by atoms with Gasteiger partial charge < -0.3 is 9.57 Å². The lowest BCUT2D eigenvalue weighted by Gasteiger charge is -2.13. The molecule has 1 unspecified atom stereocenters. The molecule has 6 heteroatoms. The van der Waals surface area contributed by atoms with Crippen LogP contribution < -0.4 is 0 Å². The second-order valence-electron chi connectivity index (χ2n) is 5.86. The van der Waals surface area contributed by atoms with Crippen molar-refractivity contribution < 1.29 is 19.2 Å². The van der Waals surface area contributed by atoms with Crippen molar-refractivity contribution in [3.05, 3.63) is 70.7 Å². The molecule has 2 aromatic rings. The first kappa shape index (κ1) is 20.6. The molecule has 0 amide bonds. The Hall–Kier alpha value is -2.66. The van der Waals surface area contributed by atoms with Gasteiger partial charge in [-0.15, -0.1) is 0 Å². The van der Waals surface area contributed by atoms with Crippen molar-refractivity contribution >= 4 is 29.6 Å². The number of hydrogen-bond acceptors (Lipinski definition) is 5. The molecule has 0 N–H and O–H groups in total. The molecule has 142 valence electrons. The van der Waals surface area contributed by atoms with Gasteiger partial charge in [0.1, 0.15) is 12.5 Å². The SMILES string of the molecule is CCOC(=O)C(Cc1ccccc1)C(=O)CC=NOCc1cccc(Cl)c1. The van der Waals surface area contributed by atoms with Crippen molar-refractivity contribution in [1.29, 1.82) is 0 Å². The minimum absolute atomic E-state index is 0.00808. The standard InChI is InChI=1S/C21H22ClNO4/c1-2-26-21(25)19(14-16-7-4-3-5-8-16)20(24)11-12-23-27-15-17-9-6-10-18(22)13-17/h3-10,12-13,19H,2,11,14-15H2,1H3. The Morgan fingerprint density at radius 3 is 2.56 bits per heavy atom. The lowest BCUT2D eigenvalue weighted by Crippen LogP contribution is -2.28. The Kier molecular flexibility index (Phi) is 8.52. The number of ketones is 1. The van der Waals surface area contributed by atoms with Crippen LogP contribution >= 0.6 is 11.6 Å². The summed E-state index contributed by atoms with van der Waals surface area (Å²) in [6, 6.07) is 16.6. The Balaban J connectivity index is 1.89. The summed E-state index contributed by atoms with van der Waals surface area (Å²) in [5, 5.41) is 4.41. The van der Waals surface area contributed by atoms with Gasteiger partial charge in [0.25, 0.3) is 0 Å². The number of Topliss-reactive ketones (excluding diaryl/α,β-unsaturated/α-hetero) is 1. The molecule has 1 atom stereocenters. The van der Waals surface area contributed by atoms with E-state index in [0.29, 0.717) is 11.4 Å². The van der Waals surface area contributed by atoms with E-state index in [1.165, 1.54) is 6.21 Å². The fraction of sp³-hybridized carbons (Fsp3) is 0.286. The van der Waals surface area contributed by atoms with Gasteiger partial charge in [-0.25, -0.2) is 0 Å². The van der Waals surface area contributed by atoms with Crippen LogP contribution in [-0.2, 0) is 32.2 Å². The van der Waals surface area contributed by atoms with E-state index in [0.717, 1.165) is 11.1 Å². The van der Waals surface area contributed by atoms with Crippen molar-refractivity contribution in [1.82, 2.24) is 0 Å². The van der Waals surface area contributed by atoms with Crippen LogP contribution in [-0.4, -0.2) is 24.6 Å². The summed E-state index contributed by atoms with van der Waals surface area (Å²) < 4.78 is 5.05. The highest BCUT2D eigenvalue weighted by molar-refractivity contribution is 6.30. The molecule has 0 aromatic heterocycles. The van der Waals surface area contributed by atoms with Crippen LogP contribution in [0.4, 0.5) is 0 Å². The predicted octanol–water partition coefficient (Wildman–Crippen LogP) is 4.22. The highest BCUT2D eigenvalue weighted by atomic mass is 35.5. The van der Waals surface area contributed by atoms with Gasteiger partial charge in [0.05, 0.1) is 12.8 Å². The fourth-order valence-electron chi connectivity index (χ4n) is 2.48. The molecule has 0 heterocycles. The number of carbonyl (C=O) groups excluding carboxylic acids is 2. The third kappa shape index (κ3) is 7.23. The number of esters is 1. The zero-order chi connectivity index (χ0) is 19.5. The topological polar surface area (TPSA) is 65.0 Å². The first-order valence-corrected chi connectivity index (χ1v) is 9.09. The predicted molar refractivity (Wildman–Crippen MR) is 105 cm³/mol. The minimum Gasteiger partial charge on any atom is -0.465 e. The van der Waals surface area contributed by atoms with Gasteiger partial charge in [-0.3, -0.25) is 9.59 Å². The van der Waals surface area contributed by atoms with Crippen LogP contribution in [0.15, 0.2) is 59.8 Å². The smallest absolute Gasteiger partial charge is 0.316 e. The molecule has 0 bridgehead atoms. The summed E-state index contributed by atoms with van der Waals surface area (Å²) in [6.07, 6.45) is 1.66. The first-order chi connectivity index (χ1) is 13.1. The maximum Gasteiger partial charge on any atom is 0.316 e. The van der Waals surface area contributed by atoms with Crippen molar-refractivity contribution in [2.24, 2.45) is 11.1 Å². The van der Waals surface area contributed by atoms with Crippen molar-refractivity contribution in [3.8, 4) is 0 Å². The molecule has 2 rings (SSSR count). The van der Waals surface area contributed by atoms with E-state index >= 15 is 0 Å². The molecule has 2 aromatic carbocycles. The average molecular weight is 388 g/mol. The number of nitrogens with zero attached hydrogens (tertiary/aromatic N) is 1. The number of benzene rings is 2. The van der Waals surface area contributed by atoms with E-state index in [9.17, 15) is 9.59 Å². The lowest BCUT2D eigenvalue weighted by molar-refractivity contribution is -0.151. The van der Waals surface area contributed by atoms with Crippen LogP contribution in [0.1, 0.15) is 24.5 Å². The summed E-state index contributed by atoms with van der Waals surface area (Å²) in [6.45, 7) is 2.19. The molecule has 0 spiro atoms. The van der Waals surface area contributed by atoms with E-state index in [2.05, 4.69) is 5.16 Å². The highest BCUT2D eigenvalue weighted by Gasteiger charge is 2.27. The zero-order valence-electron chi connectivity index (χ0n) is 15.1.